The lowest BCUT2D eigenvalue weighted by atomic mass is 9.78. The molecule has 0 saturated carbocycles. The van der Waals surface area contributed by atoms with Crippen LogP contribution in [0, 0.1) is 5.82 Å². The first-order valence-corrected chi connectivity index (χ1v) is 5.61. The van der Waals surface area contributed by atoms with Crippen molar-refractivity contribution >= 4 is 0 Å². The van der Waals surface area contributed by atoms with Crippen molar-refractivity contribution < 1.29 is 13.9 Å². The van der Waals surface area contributed by atoms with E-state index in [0.29, 0.717) is 12.0 Å². The second kappa shape index (κ2) is 3.67. The lowest BCUT2D eigenvalue weighted by Crippen LogP contribution is -2.32. The van der Waals surface area contributed by atoms with Crippen LogP contribution in [-0.2, 0) is 12.0 Å². The maximum absolute atomic E-state index is 13.8. The molecule has 4 heteroatoms. The first-order valence-electron chi connectivity index (χ1n) is 5.61. The minimum absolute atomic E-state index is 0.273. The van der Waals surface area contributed by atoms with E-state index in [0.717, 1.165) is 24.8 Å². The summed E-state index contributed by atoms with van der Waals surface area (Å²) < 4.78 is 19.1. The van der Waals surface area contributed by atoms with Gasteiger partial charge in [0, 0.05) is 23.7 Å². The van der Waals surface area contributed by atoms with E-state index in [2.05, 4.69) is 4.98 Å². The normalized spacial score (nSPS) is 23.4. The van der Waals surface area contributed by atoms with Crippen molar-refractivity contribution in [3.05, 3.63) is 53.5 Å². The Morgan fingerprint density at radius 2 is 2.24 bits per heavy atom. The first-order chi connectivity index (χ1) is 8.22. The summed E-state index contributed by atoms with van der Waals surface area (Å²) in [4.78, 5) is 3.70. The van der Waals surface area contributed by atoms with Gasteiger partial charge in [-0.25, -0.2) is 4.39 Å². The molecule has 3 nitrogen and oxygen atoms in total. The zero-order chi connectivity index (χ0) is 11.9. The standard InChI is InChI=1S/C13H12FNO2/c14-11-8-15-6-3-9(11)13(16)5-1-2-12-10(13)4-7-17-12/h3-4,6-8,16H,1-2,5H2. The van der Waals surface area contributed by atoms with Crippen LogP contribution in [0.5, 0.6) is 0 Å². The average Bonchev–Trinajstić information content (AvgIpc) is 2.79. The molecule has 0 aromatic carbocycles. The molecule has 1 N–H and O–H groups in total. The Labute approximate surface area is 97.9 Å². The summed E-state index contributed by atoms with van der Waals surface area (Å²) in [5, 5.41) is 10.7. The fourth-order valence-electron chi connectivity index (χ4n) is 2.53. The van der Waals surface area contributed by atoms with E-state index in [-0.39, 0.29) is 5.56 Å². The van der Waals surface area contributed by atoms with E-state index in [1.165, 1.54) is 12.3 Å². The predicted octanol–water partition coefficient (Wildman–Crippen LogP) is 2.39. The van der Waals surface area contributed by atoms with Crippen LogP contribution in [0.25, 0.3) is 0 Å². The molecule has 1 aliphatic carbocycles. The van der Waals surface area contributed by atoms with Gasteiger partial charge in [0.15, 0.2) is 0 Å². The van der Waals surface area contributed by atoms with Gasteiger partial charge in [-0.15, -0.1) is 0 Å². The number of rotatable bonds is 1. The summed E-state index contributed by atoms with van der Waals surface area (Å²) in [5.41, 5.74) is -0.336. The molecule has 0 radical (unpaired) electrons. The van der Waals surface area contributed by atoms with Gasteiger partial charge >= 0.3 is 0 Å². The van der Waals surface area contributed by atoms with E-state index < -0.39 is 11.4 Å². The van der Waals surface area contributed by atoms with Crippen molar-refractivity contribution in [2.24, 2.45) is 0 Å². The Kier molecular flexibility index (Phi) is 2.26. The summed E-state index contributed by atoms with van der Waals surface area (Å²) in [6, 6.07) is 3.24. The number of pyridine rings is 1. The number of furan rings is 1. The topological polar surface area (TPSA) is 46.3 Å². The monoisotopic (exact) mass is 233 g/mol. The molecule has 0 saturated heterocycles. The fraction of sp³-hybridized carbons (Fsp3) is 0.308. The van der Waals surface area contributed by atoms with Gasteiger partial charge in [0.2, 0.25) is 0 Å². The average molecular weight is 233 g/mol. The van der Waals surface area contributed by atoms with Gasteiger partial charge < -0.3 is 9.52 Å². The predicted molar refractivity (Wildman–Crippen MR) is 58.8 cm³/mol. The van der Waals surface area contributed by atoms with E-state index >= 15 is 0 Å². The van der Waals surface area contributed by atoms with Crippen LogP contribution in [-0.4, -0.2) is 10.1 Å². The van der Waals surface area contributed by atoms with Crippen LogP contribution >= 0.6 is 0 Å². The van der Waals surface area contributed by atoms with Crippen molar-refractivity contribution in [1.29, 1.82) is 0 Å². The number of aryl methyl sites for hydroxylation is 1. The van der Waals surface area contributed by atoms with Crippen LogP contribution in [0.3, 0.4) is 0 Å². The number of hydrogen-bond acceptors (Lipinski definition) is 3. The van der Waals surface area contributed by atoms with E-state index in [9.17, 15) is 9.50 Å². The summed E-state index contributed by atoms with van der Waals surface area (Å²) in [7, 11) is 0. The molecule has 0 bridgehead atoms. The highest BCUT2D eigenvalue weighted by molar-refractivity contribution is 5.39. The summed E-state index contributed by atoms with van der Waals surface area (Å²) in [6.07, 6.45) is 6.23. The van der Waals surface area contributed by atoms with E-state index in [4.69, 9.17) is 4.42 Å². The fourth-order valence-corrected chi connectivity index (χ4v) is 2.53. The highest BCUT2D eigenvalue weighted by atomic mass is 19.1. The van der Waals surface area contributed by atoms with E-state index in [1.807, 2.05) is 0 Å². The minimum Gasteiger partial charge on any atom is -0.469 e. The lowest BCUT2D eigenvalue weighted by Gasteiger charge is -2.32. The van der Waals surface area contributed by atoms with Crippen molar-refractivity contribution in [1.82, 2.24) is 4.98 Å². The minimum atomic E-state index is -1.28. The molecule has 0 fully saturated rings. The van der Waals surface area contributed by atoms with Crippen molar-refractivity contribution in [3.63, 3.8) is 0 Å². The molecule has 2 heterocycles. The zero-order valence-corrected chi connectivity index (χ0v) is 9.19. The molecular weight excluding hydrogens is 221 g/mol. The molecule has 1 unspecified atom stereocenters. The number of fused-ring (bicyclic) bond motifs is 1. The van der Waals surface area contributed by atoms with Crippen LogP contribution < -0.4 is 0 Å². The van der Waals surface area contributed by atoms with Gasteiger partial charge in [0.1, 0.15) is 17.2 Å². The summed E-state index contributed by atoms with van der Waals surface area (Å²) >= 11 is 0. The molecule has 3 rings (SSSR count). The molecule has 0 amide bonds. The second-order valence-corrected chi connectivity index (χ2v) is 4.33. The van der Waals surface area contributed by atoms with Gasteiger partial charge in [-0.1, -0.05) is 0 Å². The first kappa shape index (κ1) is 10.5. The molecule has 0 aliphatic heterocycles. The smallest absolute Gasteiger partial charge is 0.147 e. The number of aliphatic hydroxyl groups is 1. The Balaban J connectivity index is 2.18. The Morgan fingerprint density at radius 3 is 3.06 bits per heavy atom. The van der Waals surface area contributed by atoms with E-state index in [1.54, 1.807) is 12.3 Å². The molecule has 0 spiro atoms. The number of halogens is 1. The molecular formula is C13H12FNO2. The Hall–Kier alpha value is -1.68. The van der Waals surface area contributed by atoms with Crippen molar-refractivity contribution in [3.8, 4) is 0 Å². The molecule has 2 aromatic heterocycles. The van der Waals surface area contributed by atoms with Gasteiger partial charge in [0.25, 0.3) is 0 Å². The second-order valence-electron chi connectivity index (χ2n) is 4.33. The van der Waals surface area contributed by atoms with Crippen LogP contribution in [0.2, 0.25) is 0 Å². The largest absolute Gasteiger partial charge is 0.469 e. The molecule has 1 aliphatic rings. The zero-order valence-electron chi connectivity index (χ0n) is 9.19. The van der Waals surface area contributed by atoms with Crippen LogP contribution in [0.4, 0.5) is 4.39 Å². The van der Waals surface area contributed by atoms with Gasteiger partial charge in [-0.2, -0.15) is 0 Å². The molecule has 2 aromatic rings. The molecule has 1 atom stereocenters. The van der Waals surface area contributed by atoms with Crippen molar-refractivity contribution in [2.75, 3.05) is 0 Å². The maximum atomic E-state index is 13.8. The van der Waals surface area contributed by atoms with Gasteiger partial charge in [-0.3, -0.25) is 4.98 Å². The lowest BCUT2D eigenvalue weighted by molar-refractivity contribution is 0.0551. The number of hydrogen-bond donors (Lipinski definition) is 1. The molecule has 88 valence electrons. The summed E-state index contributed by atoms with van der Waals surface area (Å²) in [6.45, 7) is 0. The highest BCUT2D eigenvalue weighted by Gasteiger charge is 2.39. The molecule has 17 heavy (non-hydrogen) atoms. The SMILES string of the molecule is OC1(c2ccncc2F)CCCc2occc21. The maximum Gasteiger partial charge on any atom is 0.147 e. The Morgan fingerprint density at radius 1 is 1.35 bits per heavy atom. The van der Waals surface area contributed by atoms with Gasteiger partial charge in [-0.05, 0) is 25.0 Å². The highest BCUT2D eigenvalue weighted by Crippen LogP contribution is 2.41. The quantitative estimate of drug-likeness (QED) is 0.822. The third-order valence-corrected chi connectivity index (χ3v) is 3.35. The Bertz CT molecular complexity index is 552. The third-order valence-electron chi connectivity index (χ3n) is 3.35. The summed E-state index contributed by atoms with van der Waals surface area (Å²) in [5.74, 6) is 0.263. The number of aromatic nitrogens is 1. The number of nitrogens with zero attached hydrogens (tertiary/aromatic N) is 1. The van der Waals surface area contributed by atoms with Crippen molar-refractivity contribution in [2.45, 2.75) is 24.9 Å². The van der Waals surface area contributed by atoms with Crippen LogP contribution in [0.1, 0.15) is 29.7 Å². The third kappa shape index (κ3) is 1.48. The van der Waals surface area contributed by atoms with Gasteiger partial charge in [0.05, 0.1) is 12.5 Å². The van der Waals surface area contributed by atoms with Crippen LogP contribution in [0.15, 0.2) is 35.2 Å².